The summed E-state index contributed by atoms with van der Waals surface area (Å²) in [4.78, 5) is 30.5. The van der Waals surface area contributed by atoms with E-state index in [1.54, 1.807) is 41.5 Å². The SMILES string of the molecule is O=C(OC(C(=O)NC1CC1)c1ccccc1)c1cn(-c2ccccc2)nc1-c1cccnc1. The van der Waals surface area contributed by atoms with Gasteiger partial charge in [0.2, 0.25) is 6.10 Å². The summed E-state index contributed by atoms with van der Waals surface area (Å²) in [5.74, 6) is -0.953. The molecular formula is C26H22N4O3. The first-order chi connectivity index (χ1) is 16.2. The number of rotatable bonds is 7. The number of para-hydroxylation sites is 1. The Kier molecular flexibility index (Phi) is 5.68. The summed E-state index contributed by atoms with van der Waals surface area (Å²) in [5, 5.41) is 7.57. The van der Waals surface area contributed by atoms with Crippen molar-refractivity contribution in [1.82, 2.24) is 20.1 Å². The highest BCUT2D eigenvalue weighted by molar-refractivity contribution is 5.98. The second-order valence-corrected chi connectivity index (χ2v) is 7.89. The van der Waals surface area contributed by atoms with Crippen LogP contribution in [0.5, 0.6) is 0 Å². The van der Waals surface area contributed by atoms with Crippen molar-refractivity contribution in [2.75, 3.05) is 0 Å². The molecule has 7 nitrogen and oxygen atoms in total. The van der Waals surface area contributed by atoms with Gasteiger partial charge >= 0.3 is 5.97 Å². The minimum atomic E-state index is -1.05. The molecule has 33 heavy (non-hydrogen) atoms. The van der Waals surface area contributed by atoms with E-state index < -0.39 is 12.1 Å². The monoisotopic (exact) mass is 438 g/mol. The molecule has 4 aromatic rings. The number of carbonyl (C=O) groups excluding carboxylic acids is 2. The number of ether oxygens (including phenoxy) is 1. The van der Waals surface area contributed by atoms with Gasteiger partial charge in [-0.15, -0.1) is 0 Å². The van der Waals surface area contributed by atoms with Crippen molar-refractivity contribution >= 4 is 11.9 Å². The van der Waals surface area contributed by atoms with Crippen LogP contribution in [0.3, 0.4) is 0 Å². The normalized spacial score (nSPS) is 13.8. The lowest BCUT2D eigenvalue weighted by Gasteiger charge is -2.18. The number of nitrogens with one attached hydrogen (secondary N) is 1. The number of hydrogen-bond donors (Lipinski definition) is 1. The molecule has 2 aromatic carbocycles. The number of amides is 1. The van der Waals surface area contributed by atoms with Gasteiger partial charge in [-0.3, -0.25) is 9.78 Å². The fraction of sp³-hybridized carbons (Fsp3) is 0.154. The molecule has 0 spiro atoms. The first kappa shape index (κ1) is 20.6. The Morgan fingerprint density at radius 3 is 2.36 bits per heavy atom. The van der Waals surface area contributed by atoms with E-state index in [9.17, 15) is 9.59 Å². The summed E-state index contributed by atoms with van der Waals surface area (Å²) in [6.45, 7) is 0. The molecule has 0 aliphatic heterocycles. The zero-order chi connectivity index (χ0) is 22.6. The smallest absolute Gasteiger partial charge is 0.343 e. The molecule has 0 bridgehead atoms. The van der Waals surface area contributed by atoms with Gasteiger partial charge in [0.05, 0.1) is 5.69 Å². The summed E-state index contributed by atoms with van der Waals surface area (Å²) in [7, 11) is 0. The predicted octanol–water partition coefficient (Wildman–Crippen LogP) is 4.11. The molecule has 1 N–H and O–H groups in total. The number of nitrogens with zero attached hydrogens (tertiary/aromatic N) is 3. The molecule has 1 aliphatic rings. The number of benzene rings is 2. The summed E-state index contributed by atoms with van der Waals surface area (Å²) < 4.78 is 7.43. The van der Waals surface area contributed by atoms with E-state index in [1.165, 1.54) is 0 Å². The average molecular weight is 438 g/mol. The van der Waals surface area contributed by atoms with Crippen LogP contribution in [-0.4, -0.2) is 32.7 Å². The third kappa shape index (κ3) is 4.67. The first-order valence-electron chi connectivity index (χ1n) is 10.8. The van der Waals surface area contributed by atoms with Crippen molar-refractivity contribution < 1.29 is 14.3 Å². The maximum atomic E-state index is 13.4. The Hall–Kier alpha value is -4.26. The molecule has 1 saturated carbocycles. The highest BCUT2D eigenvalue weighted by Gasteiger charge is 2.32. The lowest BCUT2D eigenvalue weighted by atomic mass is 10.1. The molecule has 164 valence electrons. The Bertz CT molecular complexity index is 1250. The number of esters is 1. The molecule has 1 fully saturated rings. The third-order valence-electron chi connectivity index (χ3n) is 5.38. The molecule has 0 radical (unpaired) electrons. The van der Waals surface area contributed by atoms with E-state index in [0.29, 0.717) is 16.8 Å². The lowest BCUT2D eigenvalue weighted by molar-refractivity contribution is -0.130. The van der Waals surface area contributed by atoms with Crippen molar-refractivity contribution in [3.8, 4) is 16.9 Å². The van der Waals surface area contributed by atoms with Crippen molar-refractivity contribution in [2.45, 2.75) is 25.0 Å². The standard InChI is InChI=1S/C26H22N4O3/c31-25(28-20-13-14-20)24(18-8-3-1-4-9-18)33-26(32)22-17-30(21-11-5-2-6-12-21)29-23(22)19-10-7-15-27-16-19/h1-12,15-17,20,24H,13-14H2,(H,28,31). The van der Waals surface area contributed by atoms with E-state index in [-0.39, 0.29) is 17.5 Å². The van der Waals surface area contributed by atoms with Gasteiger partial charge in [0.1, 0.15) is 11.3 Å². The van der Waals surface area contributed by atoms with Crippen molar-refractivity contribution in [3.63, 3.8) is 0 Å². The number of carbonyl (C=O) groups is 2. The minimum absolute atomic E-state index is 0.147. The quantitative estimate of drug-likeness (QED) is 0.439. The van der Waals surface area contributed by atoms with Crippen LogP contribution in [-0.2, 0) is 9.53 Å². The summed E-state index contributed by atoms with van der Waals surface area (Å²) >= 11 is 0. The number of aromatic nitrogens is 3. The van der Waals surface area contributed by atoms with Crippen LogP contribution in [0.25, 0.3) is 16.9 Å². The second kappa shape index (κ2) is 9.08. The fourth-order valence-corrected chi connectivity index (χ4v) is 3.53. The van der Waals surface area contributed by atoms with Gasteiger partial charge in [-0.05, 0) is 37.1 Å². The van der Waals surface area contributed by atoms with Crippen LogP contribution in [0.1, 0.15) is 34.9 Å². The lowest BCUT2D eigenvalue weighted by Crippen LogP contribution is -2.33. The third-order valence-corrected chi connectivity index (χ3v) is 5.38. The van der Waals surface area contributed by atoms with Gasteiger partial charge in [0.25, 0.3) is 5.91 Å². The second-order valence-electron chi connectivity index (χ2n) is 7.89. The van der Waals surface area contributed by atoms with Crippen LogP contribution in [0, 0.1) is 0 Å². The minimum Gasteiger partial charge on any atom is -0.444 e. The summed E-state index contributed by atoms with van der Waals surface area (Å²) in [6.07, 6.45) is 5.75. The maximum Gasteiger partial charge on any atom is 0.343 e. The molecule has 7 heteroatoms. The van der Waals surface area contributed by atoms with Crippen LogP contribution in [0.15, 0.2) is 91.4 Å². The van der Waals surface area contributed by atoms with Crippen molar-refractivity contribution in [1.29, 1.82) is 0 Å². The maximum absolute atomic E-state index is 13.4. The first-order valence-corrected chi connectivity index (χ1v) is 10.8. The Balaban J connectivity index is 1.50. The predicted molar refractivity (Wildman–Crippen MR) is 123 cm³/mol. The van der Waals surface area contributed by atoms with Gasteiger partial charge in [0, 0.05) is 35.8 Å². The highest BCUT2D eigenvalue weighted by Crippen LogP contribution is 2.28. The Morgan fingerprint density at radius 2 is 1.70 bits per heavy atom. The van der Waals surface area contributed by atoms with Gasteiger partial charge in [-0.1, -0.05) is 48.5 Å². The van der Waals surface area contributed by atoms with E-state index in [1.807, 2.05) is 54.6 Å². The van der Waals surface area contributed by atoms with Crippen molar-refractivity contribution in [3.05, 3.63) is 103 Å². The zero-order valence-corrected chi connectivity index (χ0v) is 17.8. The Labute approximate surface area is 191 Å². The fourth-order valence-electron chi connectivity index (χ4n) is 3.53. The van der Waals surface area contributed by atoms with Gasteiger partial charge in [-0.25, -0.2) is 9.48 Å². The molecule has 2 aromatic heterocycles. The van der Waals surface area contributed by atoms with Gasteiger partial charge in [-0.2, -0.15) is 5.10 Å². The molecule has 5 rings (SSSR count). The van der Waals surface area contributed by atoms with Crippen molar-refractivity contribution in [2.24, 2.45) is 0 Å². The molecule has 1 aliphatic carbocycles. The number of hydrogen-bond acceptors (Lipinski definition) is 5. The molecular weight excluding hydrogens is 416 g/mol. The molecule has 1 atom stereocenters. The van der Waals surface area contributed by atoms with Gasteiger partial charge < -0.3 is 10.1 Å². The van der Waals surface area contributed by atoms with Crippen LogP contribution >= 0.6 is 0 Å². The molecule has 1 amide bonds. The molecule has 1 unspecified atom stereocenters. The topological polar surface area (TPSA) is 86.1 Å². The van der Waals surface area contributed by atoms with E-state index in [4.69, 9.17) is 4.74 Å². The number of pyridine rings is 1. The highest BCUT2D eigenvalue weighted by atomic mass is 16.5. The Morgan fingerprint density at radius 1 is 0.970 bits per heavy atom. The molecule has 0 saturated heterocycles. The summed E-state index contributed by atoms with van der Waals surface area (Å²) in [6, 6.07) is 22.3. The van der Waals surface area contributed by atoms with E-state index in [0.717, 1.165) is 18.5 Å². The largest absolute Gasteiger partial charge is 0.444 e. The average Bonchev–Trinajstić information content (AvgIpc) is 3.57. The van der Waals surface area contributed by atoms with Gasteiger partial charge in [0.15, 0.2) is 0 Å². The van der Waals surface area contributed by atoms with Crippen LogP contribution in [0.4, 0.5) is 0 Å². The zero-order valence-electron chi connectivity index (χ0n) is 17.8. The summed E-state index contributed by atoms with van der Waals surface area (Å²) in [5.41, 5.74) is 2.78. The van der Waals surface area contributed by atoms with E-state index in [2.05, 4.69) is 15.4 Å². The van der Waals surface area contributed by atoms with Crippen LogP contribution in [0.2, 0.25) is 0 Å². The van der Waals surface area contributed by atoms with Crippen LogP contribution < -0.4 is 5.32 Å². The van der Waals surface area contributed by atoms with E-state index >= 15 is 0 Å². The molecule has 2 heterocycles.